The Morgan fingerprint density at radius 1 is 1.21 bits per heavy atom. The van der Waals surface area contributed by atoms with Crippen molar-refractivity contribution in [2.45, 2.75) is 19.4 Å². The quantitative estimate of drug-likeness (QED) is 0.410. The van der Waals surface area contributed by atoms with Gasteiger partial charge in [-0.3, -0.25) is 15.2 Å². The second-order valence-electron chi connectivity index (χ2n) is 7.43. The van der Waals surface area contributed by atoms with E-state index in [1.54, 1.807) is 36.9 Å². The molecule has 2 N–H and O–H groups in total. The number of fused-ring (bicyclic) bond motifs is 2. The number of H-pyrrole nitrogens is 1. The van der Waals surface area contributed by atoms with Crippen molar-refractivity contribution in [3.05, 3.63) is 77.4 Å². The number of benzene rings is 1. The van der Waals surface area contributed by atoms with Gasteiger partial charge in [-0.1, -0.05) is 13.0 Å². The molecule has 0 aliphatic carbocycles. The minimum Gasteiger partial charge on any atom is -0.347 e. The number of aromatic nitrogens is 7. The highest BCUT2D eigenvalue weighted by Crippen LogP contribution is 2.29. The molecule has 1 unspecified atom stereocenters. The lowest BCUT2D eigenvalue weighted by molar-refractivity contribution is 0.570. The fourth-order valence-electron chi connectivity index (χ4n) is 3.88. The zero-order valence-electron chi connectivity index (χ0n) is 17.9. The molecule has 0 spiro atoms. The Labute approximate surface area is 187 Å². The number of halogens is 1. The molecule has 0 aliphatic rings. The first-order valence-electron chi connectivity index (χ1n) is 10.3. The predicted molar refractivity (Wildman–Crippen MR) is 122 cm³/mol. The van der Waals surface area contributed by atoms with E-state index in [9.17, 15) is 9.18 Å². The molecule has 0 fully saturated rings. The summed E-state index contributed by atoms with van der Waals surface area (Å²) in [4.78, 5) is 40.1. The van der Waals surface area contributed by atoms with Crippen LogP contribution in [-0.4, -0.2) is 41.6 Å². The maximum atomic E-state index is 14.6. The highest BCUT2D eigenvalue weighted by Gasteiger charge is 2.26. The fourth-order valence-corrected chi connectivity index (χ4v) is 3.88. The number of pyridine rings is 1. The summed E-state index contributed by atoms with van der Waals surface area (Å²) in [6, 6.07) is 7.51. The van der Waals surface area contributed by atoms with E-state index in [1.165, 1.54) is 23.1 Å². The molecule has 10 nitrogen and oxygen atoms in total. The molecule has 11 heteroatoms. The van der Waals surface area contributed by atoms with E-state index in [0.29, 0.717) is 34.9 Å². The summed E-state index contributed by atoms with van der Waals surface area (Å²) in [7, 11) is 1.85. The third kappa shape index (κ3) is 3.53. The molecule has 0 amide bonds. The molecule has 0 radical (unpaired) electrons. The van der Waals surface area contributed by atoms with E-state index in [2.05, 4.69) is 30.3 Å². The number of hydrogen-bond donors (Lipinski definition) is 2. The minimum absolute atomic E-state index is 0.0909. The summed E-state index contributed by atoms with van der Waals surface area (Å²) < 4.78 is 15.9. The summed E-state index contributed by atoms with van der Waals surface area (Å²) in [6.45, 7) is 1.97. The van der Waals surface area contributed by atoms with E-state index >= 15 is 0 Å². The third-order valence-corrected chi connectivity index (χ3v) is 5.46. The predicted octanol–water partition coefficient (Wildman–Crippen LogP) is 3.06. The number of nitrogens with zero attached hydrogens (tertiary/aromatic N) is 7. The summed E-state index contributed by atoms with van der Waals surface area (Å²) in [5.41, 5.74) is 4.53. The summed E-state index contributed by atoms with van der Waals surface area (Å²) >= 11 is 0. The number of rotatable bonds is 6. The number of hydrogen-bond acceptors (Lipinski definition) is 8. The van der Waals surface area contributed by atoms with Crippen LogP contribution in [-0.2, 0) is 0 Å². The highest BCUT2D eigenvalue weighted by atomic mass is 19.1. The Kier molecular flexibility index (Phi) is 5.13. The van der Waals surface area contributed by atoms with Gasteiger partial charge in [0.05, 0.1) is 29.8 Å². The Bertz CT molecular complexity index is 1500. The number of nitrogens with one attached hydrogen (secondary N) is 2. The first-order valence-corrected chi connectivity index (χ1v) is 10.3. The molecule has 0 saturated heterocycles. The van der Waals surface area contributed by atoms with Gasteiger partial charge in [0.25, 0.3) is 5.56 Å². The molecular weight excluding hydrogens is 425 g/mol. The molecule has 4 heterocycles. The van der Waals surface area contributed by atoms with Crippen LogP contribution in [0.4, 0.5) is 15.9 Å². The average molecular weight is 445 g/mol. The van der Waals surface area contributed by atoms with Crippen LogP contribution >= 0.6 is 0 Å². The Hall–Kier alpha value is -4.41. The molecule has 166 valence electrons. The van der Waals surface area contributed by atoms with E-state index in [0.717, 1.165) is 0 Å². The Morgan fingerprint density at radius 3 is 2.88 bits per heavy atom. The van der Waals surface area contributed by atoms with E-state index in [4.69, 9.17) is 4.98 Å². The van der Waals surface area contributed by atoms with Gasteiger partial charge in [0.2, 0.25) is 0 Å². The fraction of sp³-hybridized carbons (Fsp3) is 0.182. The Balaban J connectivity index is 1.71. The van der Waals surface area contributed by atoms with Crippen molar-refractivity contribution in [3.63, 3.8) is 0 Å². The third-order valence-electron chi connectivity index (χ3n) is 5.46. The van der Waals surface area contributed by atoms with Crippen molar-refractivity contribution in [3.8, 4) is 0 Å². The first kappa shape index (κ1) is 20.5. The molecule has 5 aromatic rings. The maximum Gasteiger partial charge on any atom is 0.283 e. The van der Waals surface area contributed by atoms with Crippen molar-refractivity contribution in [2.24, 2.45) is 0 Å². The van der Waals surface area contributed by atoms with Crippen LogP contribution in [0.25, 0.3) is 22.1 Å². The zero-order valence-corrected chi connectivity index (χ0v) is 17.9. The SMILES string of the molecule is CCC(c1nc2cccc(F)c2c(=O)n1Nc1cccnc1)N(C)c1ncnc2[nH]cnc12. The maximum absolute atomic E-state index is 14.6. The molecule has 0 aliphatic heterocycles. The topological polar surface area (TPSA) is 118 Å². The van der Waals surface area contributed by atoms with Crippen molar-refractivity contribution in [1.29, 1.82) is 0 Å². The molecule has 4 aromatic heterocycles. The lowest BCUT2D eigenvalue weighted by Gasteiger charge is -2.30. The van der Waals surface area contributed by atoms with E-state index in [1.807, 2.05) is 18.9 Å². The van der Waals surface area contributed by atoms with Crippen molar-refractivity contribution >= 4 is 33.6 Å². The number of anilines is 2. The van der Waals surface area contributed by atoms with Crippen LogP contribution in [0.5, 0.6) is 0 Å². The second kappa shape index (κ2) is 8.26. The number of aromatic amines is 1. The normalized spacial score (nSPS) is 12.2. The monoisotopic (exact) mass is 445 g/mol. The van der Waals surface area contributed by atoms with Crippen LogP contribution < -0.4 is 15.9 Å². The van der Waals surface area contributed by atoms with E-state index < -0.39 is 17.4 Å². The molecule has 33 heavy (non-hydrogen) atoms. The minimum atomic E-state index is -0.631. The first-order chi connectivity index (χ1) is 16.1. The zero-order chi connectivity index (χ0) is 22.9. The van der Waals surface area contributed by atoms with Gasteiger partial charge in [-0.15, -0.1) is 0 Å². The largest absolute Gasteiger partial charge is 0.347 e. The van der Waals surface area contributed by atoms with Crippen LogP contribution in [0.3, 0.4) is 0 Å². The van der Waals surface area contributed by atoms with Gasteiger partial charge in [0.15, 0.2) is 17.3 Å². The summed E-state index contributed by atoms with van der Waals surface area (Å²) in [5, 5.41) is -0.0909. The molecule has 5 rings (SSSR count). The van der Waals surface area contributed by atoms with Crippen LogP contribution in [0.2, 0.25) is 0 Å². The second-order valence-corrected chi connectivity index (χ2v) is 7.43. The lowest BCUT2D eigenvalue weighted by atomic mass is 10.1. The molecular formula is C22H20FN9O. The van der Waals surface area contributed by atoms with Crippen molar-refractivity contribution in [1.82, 2.24) is 34.6 Å². The van der Waals surface area contributed by atoms with Crippen LogP contribution in [0.15, 0.2) is 60.2 Å². The average Bonchev–Trinajstić information content (AvgIpc) is 3.31. The van der Waals surface area contributed by atoms with Gasteiger partial charge in [-0.05, 0) is 30.7 Å². The highest BCUT2D eigenvalue weighted by molar-refractivity contribution is 5.83. The van der Waals surface area contributed by atoms with Gasteiger partial charge >= 0.3 is 0 Å². The Morgan fingerprint density at radius 2 is 2.09 bits per heavy atom. The number of imidazole rings is 1. The van der Waals surface area contributed by atoms with Gasteiger partial charge in [0.1, 0.15) is 23.0 Å². The van der Waals surface area contributed by atoms with Crippen molar-refractivity contribution in [2.75, 3.05) is 17.4 Å². The van der Waals surface area contributed by atoms with Crippen molar-refractivity contribution < 1.29 is 4.39 Å². The van der Waals surface area contributed by atoms with Gasteiger partial charge in [-0.25, -0.2) is 29.0 Å². The van der Waals surface area contributed by atoms with Gasteiger partial charge < -0.3 is 9.88 Å². The molecule has 1 aromatic carbocycles. The summed E-state index contributed by atoms with van der Waals surface area (Å²) in [6.07, 6.45) is 6.77. The lowest BCUT2D eigenvalue weighted by Crippen LogP contribution is -2.37. The smallest absolute Gasteiger partial charge is 0.283 e. The standard InChI is InChI=1S/C22H20FN9O/c1-3-16(31(2)21-18-19(26-11-25-18)27-12-28-21)20-29-15-8-4-7-14(23)17(15)22(33)32(20)30-13-6-5-9-24-10-13/h4-12,16,30H,3H2,1-2H3,(H,25,26,27,28). The summed E-state index contributed by atoms with van der Waals surface area (Å²) in [5.74, 6) is 0.345. The molecule has 1 atom stereocenters. The van der Waals surface area contributed by atoms with Crippen LogP contribution in [0.1, 0.15) is 25.2 Å². The van der Waals surface area contributed by atoms with Gasteiger partial charge in [-0.2, -0.15) is 0 Å². The van der Waals surface area contributed by atoms with E-state index in [-0.39, 0.29) is 10.9 Å². The van der Waals surface area contributed by atoms with Gasteiger partial charge in [0, 0.05) is 13.2 Å². The van der Waals surface area contributed by atoms with Crippen LogP contribution in [0, 0.1) is 5.82 Å². The molecule has 0 bridgehead atoms. The molecule has 0 saturated carbocycles.